The summed E-state index contributed by atoms with van der Waals surface area (Å²) in [7, 11) is 0. The first-order valence-electron chi connectivity index (χ1n) is 4.87. The van der Waals surface area contributed by atoms with Gasteiger partial charge in [0.1, 0.15) is 0 Å². The number of hydrogen-bond donors (Lipinski definition) is 0. The van der Waals surface area contributed by atoms with Gasteiger partial charge in [-0.1, -0.05) is 36.4 Å². The van der Waals surface area contributed by atoms with Gasteiger partial charge < -0.3 is 0 Å². The van der Waals surface area contributed by atoms with E-state index in [2.05, 4.69) is 25.1 Å². The molecule has 2 rings (SSSR count). The molecule has 0 saturated heterocycles. The predicted octanol–water partition coefficient (Wildman–Crippen LogP) is 3.53. The van der Waals surface area contributed by atoms with Crippen LogP contribution in [0, 0.1) is 18.3 Å². The number of nitrogens with zero attached hydrogens (tertiary/aromatic N) is 1. The first kappa shape index (κ1) is 9.48. The monoisotopic (exact) mass is 193 g/mol. The summed E-state index contributed by atoms with van der Waals surface area (Å²) in [5.41, 5.74) is 4.23. The molecular formula is C14H11N. The highest BCUT2D eigenvalue weighted by atomic mass is 14.2. The fourth-order valence-corrected chi connectivity index (χ4v) is 1.65. The highest BCUT2D eigenvalue weighted by Gasteiger charge is 2.00. The van der Waals surface area contributed by atoms with Gasteiger partial charge in [0, 0.05) is 0 Å². The van der Waals surface area contributed by atoms with Crippen LogP contribution < -0.4 is 0 Å². The Hall–Kier alpha value is -2.07. The smallest absolute Gasteiger partial charge is 0.0991 e. The molecular weight excluding hydrogens is 182 g/mol. The van der Waals surface area contributed by atoms with E-state index in [9.17, 15) is 0 Å². The zero-order valence-corrected chi connectivity index (χ0v) is 8.57. The molecule has 72 valence electrons. The van der Waals surface area contributed by atoms with Crippen molar-refractivity contribution >= 4 is 0 Å². The summed E-state index contributed by atoms with van der Waals surface area (Å²) in [5.74, 6) is 0. The van der Waals surface area contributed by atoms with Crippen LogP contribution in [-0.2, 0) is 0 Å². The normalized spacial score (nSPS) is 9.60. The molecule has 0 N–H and O–H groups in total. The van der Waals surface area contributed by atoms with Gasteiger partial charge in [0.05, 0.1) is 11.6 Å². The molecule has 0 aliphatic rings. The minimum Gasteiger partial charge on any atom is -0.192 e. The Balaban J connectivity index is 2.55. The van der Waals surface area contributed by atoms with E-state index < -0.39 is 0 Å². The average molecular weight is 193 g/mol. The molecule has 0 fully saturated rings. The van der Waals surface area contributed by atoms with Crippen LogP contribution >= 0.6 is 0 Å². The minimum atomic E-state index is 0.704. The first-order chi connectivity index (χ1) is 7.31. The number of rotatable bonds is 1. The molecule has 0 spiro atoms. The second-order valence-electron chi connectivity index (χ2n) is 3.51. The molecule has 0 atom stereocenters. The van der Waals surface area contributed by atoms with Crippen LogP contribution in [0.15, 0.2) is 48.5 Å². The van der Waals surface area contributed by atoms with Crippen molar-refractivity contribution in [1.82, 2.24) is 0 Å². The van der Waals surface area contributed by atoms with E-state index >= 15 is 0 Å². The number of hydrogen-bond acceptors (Lipinski definition) is 1. The van der Waals surface area contributed by atoms with E-state index in [0.717, 1.165) is 5.56 Å². The van der Waals surface area contributed by atoms with E-state index in [4.69, 9.17) is 5.26 Å². The Morgan fingerprint density at radius 3 is 2.53 bits per heavy atom. The zero-order valence-electron chi connectivity index (χ0n) is 8.57. The van der Waals surface area contributed by atoms with Crippen LogP contribution in [0.5, 0.6) is 0 Å². The second kappa shape index (κ2) is 3.98. The molecule has 0 heterocycles. The molecule has 0 unspecified atom stereocenters. The summed E-state index contributed by atoms with van der Waals surface area (Å²) >= 11 is 0. The molecule has 0 aliphatic carbocycles. The molecule has 0 radical (unpaired) electrons. The van der Waals surface area contributed by atoms with Crippen molar-refractivity contribution in [3.8, 4) is 17.2 Å². The molecule has 2 aromatic rings. The van der Waals surface area contributed by atoms with Gasteiger partial charge in [0.25, 0.3) is 0 Å². The topological polar surface area (TPSA) is 23.8 Å². The van der Waals surface area contributed by atoms with Crippen molar-refractivity contribution in [3.05, 3.63) is 59.7 Å². The lowest BCUT2D eigenvalue weighted by Gasteiger charge is -2.05. The summed E-state index contributed by atoms with van der Waals surface area (Å²) < 4.78 is 0. The van der Waals surface area contributed by atoms with Crippen LogP contribution in [0.4, 0.5) is 0 Å². The molecule has 15 heavy (non-hydrogen) atoms. The molecule has 0 bridgehead atoms. The van der Waals surface area contributed by atoms with E-state index in [-0.39, 0.29) is 0 Å². The lowest BCUT2D eigenvalue weighted by atomic mass is 9.99. The summed E-state index contributed by atoms with van der Waals surface area (Å²) in [6.07, 6.45) is 0. The van der Waals surface area contributed by atoms with Crippen LogP contribution in [0.1, 0.15) is 11.1 Å². The molecule has 0 amide bonds. The van der Waals surface area contributed by atoms with E-state index in [1.54, 1.807) is 0 Å². The minimum absolute atomic E-state index is 0.704. The molecule has 0 aromatic heterocycles. The first-order valence-corrected chi connectivity index (χ1v) is 4.87. The average Bonchev–Trinajstić information content (AvgIpc) is 2.30. The number of nitriles is 1. The van der Waals surface area contributed by atoms with Crippen molar-refractivity contribution in [2.24, 2.45) is 0 Å². The summed E-state index contributed by atoms with van der Waals surface area (Å²) in [6.45, 7) is 2.08. The Kier molecular flexibility index (Phi) is 2.51. The third-order valence-electron chi connectivity index (χ3n) is 2.45. The van der Waals surface area contributed by atoms with Crippen molar-refractivity contribution in [3.63, 3.8) is 0 Å². The van der Waals surface area contributed by atoms with E-state index in [0.29, 0.717) is 5.56 Å². The number of benzene rings is 2. The summed E-state index contributed by atoms with van der Waals surface area (Å²) in [4.78, 5) is 0. The van der Waals surface area contributed by atoms with Crippen LogP contribution in [-0.4, -0.2) is 0 Å². The molecule has 1 heteroatoms. The van der Waals surface area contributed by atoms with Gasteiger partial charge in [0.2, 0.25) is 0 Å². The molecule has 1 nitrogen and oxygen atoms in total. The van der Waals surface area contributed by atoms with Gasteiger partial charge in [-0.3, -0.25) is 0 Å². The van der Waals surface area contributed by atoms with Gasteiger partial charge in [0.15, 0.2) is 0 Å². The maximum absolute atomic E-state index is 8.83. The van der Waals surface area contributed by atoms with Crippen molar-refractivity contribution in [1.29, 1.82) is 5.26 Å². The lowest BCUT2D eigenvalue weighted by molar-refractivity contribution is 1.44. The van der Waals surface area contributed by atoms with Gasteiger partial charge in [-0.2, -0.15) is 5.26 Å². The summed E-state index contributed by atoms with van der Waals surface area (Å²) in [5, 5.41) is 8.83. The quantitative estimate of drug-likeness (QED) is 0.679. The maximum atomic E-state index is 8.83. The largest absolute Gasteiger partial charge is 0.192 e. The van der Waals surface area contributed by atoms with Crippen LogP contribution in [0.3, 0.4) is 0 Å². The van der Waals surface area contributed by atoms with E-state index in [1.807, 2.05) is 36.4 Å². The van der Waals surface area contributed by atoms with Crippen LogP contribution in [0.2, 0.25) is 0 Å². The van der Waals surface area contributed by atoms with Gasteiger partial charge in [-0.25, -0.2) is 0 Å². The van der Waals surface area contributed by atoms with Gasteiger partial charge in [-0.15, -0.1) is 0 Å². The molecule has 0 saturated carbocycles. The Labute approximate surface area is 89.6 Å². The zero-order chi connectivity index (χ0) is 10.7. The van der Waals surface area contributed by atoms with Gasteiger partial charge >= 0.3 is 0 Å². The highest BCUT2D eigenvalue weighted by Crippen LogP contribution is 2.23. The SMILES string of the molecule is Cc1ccccc1-c1cccc(C#N)c1. The maximum Gasteiger partial charge on any atom is 0.0991 e. The summed E-state index contributed by atoms with van der Waals surface area (Å²) in [6, 6.07) is 18.0. The van der Waals surface area contributed by atoms with Crippen molar-refractivity contribution < 1.29 is 0 Å². The van der Waals surface area contributed by atoms with Crippen LogP contribution in [0.25, 0.3) is 11.1 Å². The highest BCUT2D eigenvalue weighted by molar-refractivity contribution is 5.68. The number of aryl methyl sites for hydroxylation is 1. The second-order valence-corrected chi connectivity index (χ2v) is 3.51. The lowest BCUT2D eigenvalue weighted by Crippen LogP contribution is -1.83. The Bertz CT molecular complexity index is 521. The third-order valence-corrected chi connectivity index (χ3v) is 2.45. The molecule has 2 aromatic carbocycles. The standard InChI is InChI=1S/C14H11N/c1-11-5-2-3-8-14(11)13-7-4-6-12(9-13)10-15/h2-9H,1H3. The Morgan fingerprint density at radius 1 is 1.00 bits per heavy atom. The molecule has 0 aliphatic heterocycles. The Morgan fingerprint density at radius 2 is 1.80 bits per heavy atom. The third kappa shape index (κ3) is 1.89. The van der Waals surface area contributed by atoms with Gasteiger partial charge in [-0.05, 0) is 35.7 Å². The predicted molar refractivity (Wildman–Crippen MR) is 61.3 cm³/mol. The van der Waals surface area contributed by atoms with E-state index in [1.165, 1.54) is 11.1 Å². The van der Waals surface area contributed by atoms with Crippen molar-refractivity contribution in [2.45, 2.75) is 6.92 Å². The van der Waals surface area contributed by atoms with Crippen molar-refractivity contribution in [2.75, 3.05) is 0 Å². The fraction of sp³-hybridized carbons (Fsp3) is 0.0714. The fourth-order valence-electron chi connectivity index (χ4n) is 1.65.